The Labute approximate surface area is 220 Å². The van der Waals surface area contributed by atoms with E-state index in [0.29, 0.717) is 5.69 Å². The number of hydrogen-bond donors (Lipinski definition) is 3. The summed E-state index contributed by atoms with van der Waals surface area (Å²) < 4.78 is 0. The lowest BCUT2D eigenvalue weighted by molar-refractivity contribution is -0.119. The second-order valence-corrected chi connectivity index (χ2v) is 10.4. The minimum Gasteiger partial charge on any atom is -0.356 e. The Hall–Kier alpha value is -4.27. The molecular formula is C29H30N8O. The van der Waals surface area contributed by atoms with E-state index in [1.807, 2.05) is 30.5 Å². The molecular weight excluding hydrogens is 476 g/mol. The summed E-state index contributed by atoms with van der Waals surface area (Å²) in [5.41, 5.74) is 6.66. The fourth-order valence-corrected chi connectivity index (χ4v) is 5.85. The Morgan fingerprint density at radius 1 is 0.974 bits per heavy atom. The summed E-state index contributed by atoms with van der Waals surface area (Å²) in [6.45, 7) is 2.08. The van der Waals surface area contributed by atoms with E-state index in [0.717, 1.165) is 89.2 Å². The molecule has 2 aliphatic rings. The summed E-state index contributed by atoms with van der Waals surface area (Å²) >= 11 is 0. The molecule has 1 aliphatic heterocycles. The Morgan fingerprint density at radius 3 is 2.71 bits per heavy atom. The molecule has 9 heteroatoms. The predicted molar refractivity (Wildman–Crippen MR) is 149 cm³/mol. The van der Waals surface area contributed by atoms with Crippen LogP contribution in [0.1, 0.15) is 44.9 Å². The van der Waals surface area contributed by atoms with Gasteiger partial charge < -0.3 is 15.2 Å². The third-order valence-corrected chi connectivity index (χ3v) is 7.87. The molecule has 5 aromatic heterocycles. The standard InChI is InChI=1S/C29H30N8O/c38-29(18-6-2-3-7-18)32-20-14-19(16-30-17-20)22-8-9-24-26(34-22)27(36-35-24)25-15-21-23(33-25)10-11-31-28(21)37-12-4-1-5-13-37/h8-11,14-18,33H,1-7,12-13H2,(H,32,38)(H,35,36). The quantitative estimate of drug-likeness (QED) is 0.282. The van der Waals surface area contributed by atoms with Crippen LogP contribution >= 0.6 is 0 Å². The molecule has 1 saturated carbocycles. The van der Waals surface area contributed by atoms with Crippen LogP contribution in [0.15, 0.2) is 48.9 Å². The van der Waals surface area contributed by atoms with Crippen LogP contribution in [-0.2, 0) is 4.79 Å². The summed E-state index contributed by atoms with van der Waals surface area (Å²) in [4.78, 5) is 32.6. The van der Waals surface area contributed by atoms with Crippen LogP contribution < -0.4 is 10.2 Å². The van der Waals surface area contributed by atoms with Gasteiger partial charge in [-0.1, -0.05) is 12.8 Å². The van der Waals surface area contributed by atoms with Gasteiger partial charge in [0.05, 0.1) is 34.3 Å². The van der Waals surface area contributed by atoms with Crippen molar-refractivity contribution >= 4 is 39.3 Å². The number of aromatic amines is 2. The SMILES string of the molecule is O=C(Nc1cncc(-c2ccc3[nH]nc(-c4cc5c(N6CCCCC6)nccc5[nH]4)c3n2)c1)C1CCCC1. The lowest BCUT2D eigenvalue weighted by atomic mass is 10.1. The molecule has 6 heterocycles. The van der Waals surface area contributed by atoms with Crippen molar-refractivity contribution in [3.63, 3.8) is 0 Å². The highest BCUT2D eigenvalue weighted by molar-refractivity contribution is 5.98. The van der Waals surface area contributed by atoms with Crippen molar-refractivity contribution in [3.05, 3.63) is 48.9 Å². The maximum absolute atomic E-state index is 12.6. The van der Waals surface area contributed by atoms with E-state index in [2.05, 4.69) is 36.4 Å². The Kier molecular flexibility index (Phi) is 5.76. The first-order valence-corrected chi connectivity index (χ1v) is 13.6. The summed E-state index contributed by atoms with van der Waals surface area (Å²) in [6.07, 6.45) is 13.2. The van der Waals surface area contributed by atoms with E-state index in [-0.39, 0.29) is 11.8 Å². The van der Waals surface area contributed by atoms with Crippen LogP contribution in [0.3, 0.4) is 0 Å². The topological polar surface area (TPSA) is 115 Å². The smallest absolute Gasteiger partial charge is 0.227 e. The zero-order valence-corrected chi connectivity index (χ0v) is 21.2. The van der Waals surface area contributed by atoms with Crippen LogP contribution in [0.25, 0.3) is 44.6 Å². The van der Waals surface area contributed by atoms with Gasteiger partial charge in [-0.3, -0.25) is 14.9 Å². The third-order valence-electron chi connectivity index (χ3n) is 7.87. The molecule has 1 aliphatic carbocycles. The maximum atomic E-state index is 12.6. The van der Waals surface area contributed by atoms with Crippen molar-refractivity contribution in [2.75, 3.05) is 23.3 Å². The van der Waals surface area contributed by atoms with Gasteiger partial charge in [-0.05, 0) is 62.4 Å². The molecule has 192 valence electrons. The van der Waals surface area contributed by atoms with Gasteiger partial charge in [-0.25, -0.2) is 9.97 Å². The van der Waals surface area contributed by atoms with Crippen molar-refractivity contribution in [1.82, 2.24) is 30.1 Å². The van der Waals surface area contributed by atoms with Crippen LogP contribution in [-0.4, -0.2) is 49.1 Å². The largest absolute Gasteiger partial charge is 0.356 e. The van der Waals surface area contributed by atoms with Crippen molar-refractivity contribution in [2.45, 2.75) is 44.9 Å². The molecule has 9 nitrogen and oxygen atoms in total. The zero-order valence-electron chi connectivity index (χ0n) is 21.2. The van der Waals surface area contributed by atoms with Gasteiger partial charge in [0, 0.05) is 42.4 Å². The molecule has 0 aromatic carbocycles. The first kappa shape index (κ1) is 22.9. The fourth-order valence-electron chi connectivity index (χ4n) is 5.85. The van der Waals surface area contributed by atoms with Crippen LogP contribution in [0, 0.1) is 5.92 Å². The number of piperidine rings is 1. The minimum atomic E-state index is 0.0826. The normalized spacial score (nSPS) is 16.5. The molecule has 0 atom stereocenters. The molecule has 38 heavy (non-hydrogen) atoms. The van der Waals surface area contributed by atoms with E-state index >= 15 is 0 Å². The molecule has 1 amide bonds. The average molecular weight is 507 g/mol. The van der Waals surface area contributed by atoms with Crippen molar-refractivity contribution in [3.8, 4) is 22.6 Å². The molecule has 0 spiro atoms. The molecule has 5 aromatic rings. The molecule has 7 rings (SSSR count). The van der Waals surface area contributed by atoms with E-state index in [1.54, 1.807) is 12.4 Å². The van der Waals surface area contributed by atoms with E-state index < -0.39 is 0 Å². The number of carbonyl (C=O) groups is 1. The van der Waals surface area contributed by atoms with Gasteiger partial charge in [0.15, 0.2) is 0 Å². The van der Waals surface area contributed by atoms with E-state index in [9.17, 15) is 4.79 Å². The van der Waals surface area contributed by atoms with E-state index in [1.165, 1.54) is 19.3 Å². The lowest BCUT2D eigenvalue weighted by Gasteiger charge is -2.28. The number of nitrogens with zero attached hydrogens (tertiary/aromatic N) is 5. The maximum Gasteiger partial charge on any atom is 0.227 e. The number of carbonyl (C=O) groups excluding carboxylic acids is 1. The summed E-state index contributed by atoms with van der Waals surface area (Å²) in [5.74, 6) is 1.21. The van der Waals surface area contributed by atoms with Crippen LogP contribution in [0.4, 0.5) is 11.5 Å². The number of H-pyrrole nitrogens is 2. The molecule has 0 radical (unpaired) electrons. The highest BCUT2D eigenvalue weighted by Gasteiger charge is 2.23. The number of pyridine rings is 3. The third kappa shape index (κ3) is 4.17. The zero-order chi connectivity index (χ0) is 25.5. The fraction of sp³-hybridized carbons (Fsp3) is 0.345. The number of rotatable bonds is 5. The molecule has 0 unspecified atom stereocenters. The lowest BCUT2D eigenvalue weighted by Crippen LogP contribution is -2.30. The monoisotopic (exact) mass is 506 g/mol. The summed E-state index contributed by atoms with van der Waals surface area (Å²) in [6, 6.07) is 10.0. The average Bonchev–Trinajstić information content (AvgIpc) is 3.73. The van der Waals surface area contributed by atoms with Gasteiger partial charge in [0.2, 0.25) is 5.91 Å². The minimum absolute atomic E-state index is 0.0826. The van der Waals surface area contributed by atoms with Crippen LogP contribution in [0.5, 0.6) is 0 Å². The number of amides is 1. The van der Waals surface area contributed by atoms with Gasteiger partial charge >= 0.3 is 0 Å². The van der Waals surface area contributed by atoms with E-state index in [4.69, 9.17) is 9.97 Å². The Balaban J connectivity index is 1.22. The van der Waals surface area contributed by atoms with Gasteiger partial charge in [-0.2, -0.15) is 5.10 Å². The second-order valence-electron chi connectivity index (χ2n) is 10.4. The molecule has 0 bridgehead atoms. The number of nitrogens with one attached hydrogen (secondary N) is 3. The van der Waals surface area contributed by atoms with Crippen molar-refractivity contribution in [1.29, 1.82) is 0 Å². The van der Waals surface area contributed by atoms with Gasteiger partial charge in [0.1, 0.15) is 17.0 Å². The number of aromatic nitrogens is 6. The first-order chi connectivity index (χ1) is 18.7. The second kappa shape index (κ2) is 9.55. The number of anilines is 2. The Morgan fingerprint density at radius 2 is 1.84 bits per heavy atom. The van der Waals surface area contributed by atoms with Gasteiger partial charge in [-0.15, -0.1) is 0 Å². The summed E-state index contributed by atoms with van der Waals surface area (Å²) in [5, 5.41) is 11.9. The van der Waals surface area contributed by atoms with Crippen molar-refractivity contribution < 1.29 is 4.79 Å². The predicted octanol–water partition coefficient (Wildman–Crippen LogP) is 5.68. The molecule has 2 fully saturated rings. The first-order valence-electron chi connectivity index (χ1n) is 13.6. The summed E-state index contributed by atoms with van der Waals surface area (Å²) in [7, 11) is 0. The number of fused-ring (bicyclic) bond motifs is 2. The van der Waals surface area contributed by atoms with Crippen molar-refractivity contribution in [2.24, 2.45) is 5.92 Å². The molecule has 1 saturated heterocycles. The Bertz CT molecular complexity index is 1620. The highest BCUT2D eigenvalue weighted by Crippen LogP contribution is 2.34. The van der Waals surface area contributed by atoms with Crippen LogP contribution in [0.2, 0.25) is 0 Å². The highest BCUT2D eigenvalue weighted by atomic mass is 16.1. The molecule has 3 N–H and O–H groups in total. The van der Waals surface area contributed by atoms with Gasteiger partial charge in [0.25, 0.3) is 0 Å². The number of hydrogen-bond acceptors (Lipinski definition) is 6.